The van der Waals surface area contributed by atoms with Crippen LogP contribution in [0.3, 0.4) is 0 Å². The molecule has 0 saturated carbocycles. The first kappa shape index (κ1) is 10.5. The highest BCUT2D eigenvalue weighted by atomic mass is 35.5. The molecule has 0 bridgehead atoms. The van der Waals surface area contributed by atoms with Gasteiger partial charge in [-0.2, -0.15) is 0 Å². The molecule has 0 N–H and O–H groups in total. The van der Waals surface area contributed by atoms with Gasteiger partial charge < -0.3 is 9.47 Å². The first-order chi connectivity index (χ1) is 7.22. The maximum atomic E-state index is 11.9. The van der Waals surface area contributed by atoms with E-state index < -0.39 is 0 Å². The van der Waals surface area contributed by atoms with Crippen LogP contribution < -0.4 is 10.5 Å². The van der Waals surface area contributed by atoms with E-state index in [1.54, 1.807) is 17.0 Å². The van der Waals surface area contributed by atoms with E-state index in [1.165, 1.54) is 0 Å². The molecular formula is C10H14ClN3O. The summed E-state index contributed by atoms with van der Waals surface area (Å²) in [6, 6.07) is 0. The molecule has 1 aliphatic heterocycles. The molecule has 5 heteroatoms. The monoisotopic (exact) mass is 227 g/mol. The molecule has 1 aliphatic rings. The van der Waals surface area contributed by atoms with Crippen LogP contribution in [0.5, 0.6) is 0 Å². The van der Waals surface area contributed by atoms with Gasteiger partial charge in [0.05, 0.1) is 5.38 Å². The van der Waals surface area contributed by atoms with Crippen molar-refractivity contribution in [1.29, 1.82) is 0 Å². The number of hydrogen-bond donors (Lipinski definition) is 0. The van der Waals surface area contributed by atoms with E-state index in [0.717, 1.165) is 19.5 Å². The van der Waals surface area contributed by atoms with Gasteiger partial charge in [-0.3, -0.25) is 4.79 Å². The molecule has 0 aromatic carbocycles. The van der Waals surface area contributed by atoms with E-state index in [0.29, 0.717) is 12.4 Å². The summed E-state index contributed by atoms with van der Waals surface area (Å²) in [7, 11) is 0. The summed E-state index contributed by atoms with van der Waals surface area (Å²) in [5.41, 5.74) is -0.0224. The fraction of sp³-hybridized carbons (Fsp3) is 0.600. The Morgan fingerprint density at radius 3 is 3.07 bits per heavy atom. The zero-order valence-corrected chi connectivity index (χ0v) is 9.44. The van der Waals surface area contributed by atoms with Crippen LogP contribution in [-0.4, -0.2) is 28.0 Å². The molecule has 0 aliphatic carbocycles. The second kappa shape index (κ2) is 4.23. The van der Waals surface area contributed by atoms with Gasteiger partial charge in [0.1, 0.15) is 0 Å². The van der Waals surface area contributed by atoms with Crippen molar-refractivity contribution in [2.24, 2.45) is 0 Å². The van der Waals surface area contributed by atoms with Crippen molar-refractivity contribution in [2.75, 3.05) is 18.0 Å². The highest BCUT2D eigenvalue weighted by Crippen LogP contribution is 2.17. The van der Waals surface area contributed by atoms with Crippen LogP contribution >= 0.6 is 11.6 Å². The molecule has 1 fully saturated rings. The minimum Gasteiger partial charge on any atom is -0.350 e. The summed E-state index contributed by atoms with van der Waals surface area (Å²) in [5, 5.41) is 0.140. The minimum atomic E-state index is -0.0224. The van der Waals surface area contributed by atoms with Crippen molar-refractivity contribution in [3.05, 3.63) is 22.7 Å². The van der Waals surface area contributed by atoms with Crippen LogP contribution in [0.1, 0.15) is 13.3 Å². The molecule has 2 heterocycles. The molecule has 1 aromatic rings. The van der Waals surface area contributed by atoms with Crippen molar-refractivity contribution in [1.82, 2.24) is 9.55 Å². The third-order valence-corrected chi connectivity index (χ3v) is 3.02. The number of rotatable bonds is 2. The lowest BCUT2D eigenvalue weighted by molar-refractivity contribution is 0.710. The summed E-state index contributed by atoms with van der Waals surface area (Å²) in [5.74, 6) is 0.530. The second-order valence-electron chi connectivity index (χ2n) is 3.67. The molecule has 0 radical (unpaired) electrons. The zero-order chi connectivity index (χ0) is 10.8. The molecule has 82 valence electrons. The number of anilines is 1. The number of aryl methyl sites for hydroxylation is 1. The van der Waals surface area contributed by atoms with E-state index in [1.807, 2.05) is 11.8 Å². The highest BCUT2D eigenvalue weighted by molar-refractivity contribution is 6.21. The van der Waals surface area contributed by atoms with Gasteiger partial charge in [-0.15, -0.1) is 11.6 Å². The zero-order valence-electron chi connectivity index (χ0n) is 8.69. The lowest BCUT2D eigenvalue weighted by Gasteiger charge is -2.16. The molecule has 15 heavy (non-hydrogen) atoms. The minimum absolute atomic E-state index is 0.0224. The van der Waals surface area contributed by atoms with Gasteiger partial charge in [0.15, 0.2) is 5.82 Å². The summed E-state index contributed by atoms with van der Waals surface area (Å²) in [6.07, 6.45) is 4.30. The summed E-state index contributed by atoms with van der Waals surface area (Å²) < 4.78 is 1.66. The average Bonchev–Trinajstić information content (AvgIpc) is 2.65. The van der Waals surface area contributed by atoms with Crippen LogP contribution in [0.4, 0.5) is 5.82 Å². The topological polar surface area (TPSA) is 38.1 Å². The molecule has 0 amide bonds. The van der Waals surface area contributed by atoms with Crippen molar-refractivity contribution in [3.8, 4) is 0 Å². The van der Waals surface area contributed by atoms with Gasteiger partial charge >= 0.3 is 0 Å². The smallest absolute Gasteiger partial charge is 0.293 e. The van der Waals surface area contributed by atoms with Crippen molar-refractivity contribution in [2.45, 2.75) is 25.3 Å². The summed E-state index contributed by atoms with van der Waals surface area (Å²) >= 11 is 6.00. The largest absolute Gasteiger partial charge is 0.350 e. The van der Waals surface area contributed by atoms with Crippen molar-refractivity contribution in [3.63, 3.8) is 0 Å². The molecule has 0 spiro atoms. The van der Waals surface area contributed by atoms with Gasteiger partial charge in [-0.25, -0.2) is 4.98 Å². The van der Waals surface area contributed by atoms with Crippen LogP contribution in [0.2, 0.25) is 0 Å². The number of alkyl halides is 1. The van der Waals surface area contributed by atoms with Gasteiger partial charge in [0, 0.05) is 32.0 Å². The standard InChI is InChI=1S/C10H14ClN3O/c1-2-13-6-4-12-9(10(13)15)14-5-3-8(11)7-14/h4,6,8H,2-3,5,7H2,1H3. The predicted molar refractivity (Wildman–Crippen MR) is 60.6 cm³/mol. The number of aromatic nitrogens is 2. The van der Waals surface area contributed by atoms with E-state index in [2.05, 4.69) is 4.98 Å². The third-order valence-electron chi connectivity index (χ3n) is 2.67. The van der Waals surface area contributed by atoms with E-state index >= 15 is 0 Å². The lowest BCUT2D eigenvalue weighted by Crippen LogP contribution is -2.31. The summed E-state index contributed by atoms with van der Waals surface area (Å²) in [4.78, 5) is 18.0. The number of nitrogens with zero attached hydrogens (tertiary/aromatic N) is 3. The molecule has 1 aromatic heterocycles. The predicted octanol–water partition coefficient (Wildman–Crippen LogP) is 1.08. The normalized spacial score (nSPS) is 20.9. The maximum absolute atomic E-state index is 11.9. The number of halogens is 1. The van der Waals surface area contributed by atoms with Crippen molar-refractivity contribution < 1.29 is 0 Å². The van der Waals surface area contributed by atoms with Crippen molar-refractivity contribution >= 4 is 17.4 Å². The molecule has 2 rings (SSSR count). The van der Waals surface area contributed by atoms with Crippen LogP contribution in [0.25, 0.3) is 0 Å². The van der Waals surface area contributed by atoms with Gasteiger partial charge in [-0.05, 0) is 13.3 Å². The Hall–Kier alpha value is -1.03. The van der Waals surface area contributed by atoms with E-state index in [9.17, 15) is 4.79 Å². The number of hydrogen-bond acceptors (Lipinski definition) is 3. The Balaban J connectivity index is 2.32. The second-order valence-corrected chi connectivity index (χ2v) is 4.29. The van der Waals surface area contributed by atoms with Crippen LogP contribution in [0, 0.1) is 0 Å². The Morgan fingerprint density at radius 1 is 1.67 bits per heavy atom. The highest BCUT2D eigenvalue weighted by Gasteiger charge is 2.23. The molecule has 1 saturated heterocycles. The molecule has 1 unspecified atom stereocenters. The first-order valence-electron chi connectivity index (χ1n) is 5.17. The Bertz CT molecular complexity index is 404. The fourth-order valence-electron chi connectivity index (χ4n) is 1.81. The Labute approximate surface area is 93.5 Å². The molecule has 4 nitrogen and oxygen atoms in total. The summed E-state index contributed by atoms with van der Waals surface area (Å²) in [6.45, 7) is 4.16. The van der Waals surface area contributed by atoms with Gasteiger partial charge in [-0.1, -0.05) is 0 Å². The maximum Gasteiger partial charge on any atom is 0.293 e. The molecular weight excluding hydrogens is 214 g/mol. The third kappa shape index (κ3) is 2.00. The van der Waals surface area contributed by atoms with Gasteiger partial charge in [0.2, 0.25) is 0 Å². The SMILES string of the molecule is CCn1ccnc(N2CCC(Cl)C2)c1=O. The lowest BCUT2D eigenvalue weighted by atomic mass is 10.4. The average molecular weight is 228 g/mol. The quantitative estimate of drug-likeness (QED) is 0.710. The van der Waals surface area contributed by atoms with Gasteiger partial charge in [0.25, 0.3) is 5.56 Å². The van der Waals surface area contributed by atoms with E-state index in [-0.39, 0.29) is 10.9 Å². The Kier molecular flexibility index (Phi) is 2.95. The van der Waals surface area contributed by atoms with Crippen LogP contribution in [0.15, 0.2) is 17.2 Å². The first-order valence-corrected chi connectivity index (χ1v) is 5.60. The fourth-order valence-corrected chi connectivity index (χ4v) is 2.08. The Morgan fingerprint density at radius 2 is 2.47 bits per heavy atom. The van der Waals surface area contributed by atoms with E-state index in [4.69, 9.17) is 11.6 Å². The van der Waals surface area contributed by atoms with Crippen LogP contribution in [-0.2, 0) is 6.54 Å². The molecule has 1 atom stereocenters.